The summed E-state index contributed by atoms with van der Waals surface area (Å²) < 4.78 is 4.93. The van der Waals surface area contributed by atoms with Gasteiger partial charge in [0.2, 0.25) is 5.91 Å². The van der Waals surface area contributed by atoms with Crippen LogP contribution >= 0.6 is 0 Å². The van der Waals surface area contributed by atoms with Crippen molar-refractivity contribution < 1.29 is 19.1 Å². The van der Waals surface area contributed by atoms with E-state index in [4.69, 9.17) is 4.74 Å². The number of hydrogen-bond acceptors (Lipinski definition) is 4. The predicted molar refractivity (Wildman–Crippen MR) is 72.1 cm³/mol. The lowest BCUT2D eigenvalue weighted by Gasteiger charge is -2.05. The number of ether oxygens (including phenoxy) is 1. The molecule has 0 atom stereocenters. The topological polar surface area (TPSA) is 72.5 Å². The zero-order valence-electron chi connectivity index (χ0n) is 11.3. The van der Waals surface area contributed by atoms with Gasteiger partial charge in [-0.05, 0) is 25.5 Å². The minimum absolute atomic E-state index is 0.0646. The van der Waals surface area contributed by atoms with E-state index in [1.54, 1.807) is 0 Å². The van der Waals surface area contributed by atoms with Crippen LogP contribution in [0.3, 0.4) is 0 Å². The highest BCUT2D eigenvalue weighted by atomic mass is 16.5. The lowest BCUT2D eigenvalue weighted by Crippen LogP contribution is -2.29. The number of imide groups is 1. The van der Waals surface area contributed by atoms with Crippen LogP contribution < -0.4 is 5.32 Å². The van der Waals surface area contributed by atoms with E-state index in [0.717, 1.165) is 18.9 Å². The molecule has 0 spiro atoms. The first-order valence-electron chi connectivity index (χ1n) is 5.94. The SMILES string of the molecule is C=CC(=O)NC(=O)C(C)=CC(=C)C(=O)OCCCC. The van der Waals surface area contributed by atoms with Gasteiger partial charge in [0.1, 0.15) is 0 Å². The summed E-state index contributed by atoms with van der Waals surface area (Å²) in [6.07, 6.45) is 3.95. The Bertz CT molecular complexity index is 421. The fraction of sp³-hybridized carbons (Fsp3) is 0.357. The molecule has 0 saturated carbocycles. The Kier molecular flexibility index (Phi) is 7.84. The number of rotatable bonds is 7. The quantitative estimate of drug-likeness (QED) is 0.329. The van der Waals surface area contributed by atoms with Gasteiger partial charge in [0.15, 0.2) is 0 Å². The Morgan fingerprint density at radius 2 is 1.95 bits per heavy atom. The van der Waals surface area contributed by atoms with E-state index < -0.39 is 17.8 Å². The lowest BCUT2D eigenvalue weighted by molar-refractivity contribution is -0.138. The molecule has 0 aliphatic carbocycles. The summed E-state index contributed by atoms with van der Waals surface area (Å²) >= 11 is 0. The average Bonchev–Trinajstić information content (AvgIpc) is 2.38. The Morgan fingerprint density at radius 3 is 2.47 bits per heavy atom. The maximum absolute atomic E-state index is 11.5. The zero-order valence-corrected chi connectivity index (χ0v) is 11.3. The molecule has 0 aromatic carbocycles. The third-order valence-electron chi connectivity index (χ3n) is 2.16. The molecule has 0 radical (unpaired) electrons. The van der Waals surface area contributed by atoms with Crippen LogP contribution in [0.1, 0.15) is 26.7 Å². The summed E-state index contributed by atoms with van der Waals surface area (Å²) in [6.45, 7) is 10.5. The van der Waals surface area contributed by atoms with Gasteiger partial charge in [-0.25, -0.2) is 4.79 Å². The number of unbranched alkanes of at least 4 members (excludes halogenated alkanes) is 1. The largest absolute Gasteiger partial charge is 0.462 e. The van der Waals surface area contributed by atoms with Crippen molar-refractivity contribution in [2.75, 3.05) is 6.61 Å². The highest BCUT2D eigenvalue weighted by Gasteiger charge is 2.11. The Morgan fingerprint density at radius 1 is 1.32 bits per heavy atom. The smallest absolute Gasteiger partial charge is 0.337 e. The molecular formula is C14H19NO4. The molecular weight excluding hydrogens is 246 g/mol. The summed E-state index contributed by atoms with van der Waals surface area (Å²) in [4.78, 5) is 33.9. The summed E-state index contributed by atoms with van der Waals surface area (Å²) in [5, 5.41) is 2.07. The van der Waals surface area contributed by atoms with Gasteiger partial charge >= 0.3 is 5.97 Å². The normalized spacial score (nSPS) is 10.5. The van der Waals surface area contributed by atoms with E-state index in [9.17, 15) is 14.4 Å². The van der Waals surface area contributed by atoms with E-state index in [1.165, 1.54) is 13.0 Å². The van der Waals surface area contributed by atoms with Crippen molar-refractivity contribution >= 4 is 17.8 Å². The average molecular weight is 265 g/mol. The molecule has 0 fully saturated rings. The van der Waals surface area contributed by atoms with E-state index in [0.29, 0.717) is 6.61 Å². The molecule has 19 heavy (non-hydrogen) atoms. The van der Waals surface area contributed by atoms with Gasteiger partial charge < -0.3 is 4.74 Å². The number of amides is 2. The molecule has 0 saturated heterocycles. The molecule has 2 amide bonds. The second-order valence-electron chi connectivity index (χ2n) is 3.86. The molecule has 5 heteroatoms. The van der Waals surface area contributed by atoms with Crippen LogP contribution in [0.5, 0.6) is 0 Å². The van der Waals surface area contributed by atoms with Crippen LogP contribution in [0.2, 0.25) is 0 Å². The second-order valence-corrected chi connectivity index (χ2v) is 3.86. The molecule has 104 valence electrons. The Balaban J connectivity index is 4.45. The predicted octanol–water partition coefficient (Wildman–Crippen LogP) is 1.66. The number of carbonyl (C=O) groups is 3. The first kappa shape index (κ1) is 16.8. The van der Waals surface area contributed by atoms with Gasteiger partial charge in [0.25, 0.3) is 5.91 Å². The van der Waals surface area contributed by atoms with E-state index >= 15 is 0 Å². The van der Waals surface area contributed by atoms with Gasteiger partial charge in [-0.1, -0.05) is 26.5 Å². The summed E-state index contributed by atoms with van der Waals surface area (Å²) in [6, 6.07) is 0. The standard InChI is InChI=1S/C14H19NO4/c1-5-7-8-19-14(18)11(4)9-10(3)13(17)15-12(16)6-2/h6,9H,2,4-5,7-8H2,1,3H3,(H,15,16,17). The van der Waals surface area contributed by atoms with Crippen LogP contribution in [0.4, 0.5) is 0 Å². The lowest BCUT2D eigenvalue weighted by atomic mass is 10.2. The van der Waals surface area contributed by atoms with Gasteiger partial charge in [-0.2, -0.15) is 0 Å². The number of esters is 1. The fourth-order valence-corrected chi connectivity index (χ4v) is 1.05. The summed E-state index contributed by atoms with van der Waals surface area (Å²) in [7, 11) is 0. The van der Waals surface area contributed by atoms with Crippen LogP contribution in [-0.4, -0.2) is 24.4 Å². The third kappa shape index (κ3) is 6.98. The highest BCUT2D eigenvalue weighted by Crippen LogP contribution is 2.04. The van der Waals surface area contributed by atoms with Crippen molar-refractivity contribution in [3.05, 3.63) is 36.5 Å². The van der Waals surface area contributed by atoms with Gasteiger partial charge in [-0.3, -0.25) is 14.9 Å². The molecule has 0 rings (SSSR count). The van der Waals surface area contributed by atoms with Crippen molar-refractivity contribution in [3.63, 3.8) is 0 Å². The van der Waals surface area contributed by atoms with Crippen LogP contribution in [0.15, 0.2) is 36.5 Å². The third-order valence-corrected chi connectivity index (χ3v) is 2.16. The van der Waals surface area contributed by atoms with Crippen molar-refractivity contribution in [1.82, 2.24) is 5.32 Å². The van der Waals surface area contributed by atoms with Crippen molar-refractivity contribution in [2.24, 2.45) is 0 Å². The molecule has 0 heterocycles. The van der Waals surface area contributed by atoms with Crippen LogP contribution in [0, 0.1) is 0 Å². The van der Waals surface area contributed by atoms with Crippen molar-refractivity contribution in [1.29, 1.82) is 0 Å². The number of nitrogens with one attached hydrogen (secondary N) is 1. The molecule has 0 bridgehead atoms. The molecule has 0 aliphatic rings. The molecule has 5 nitrogen and oxygen atoms in total. The van der Waals surface area contributed by atoms with E-state index in [1.807, 2.05) is 6.92 Å². The fourth-order valence-electron chi connectivity index (χ4n) is 1.05. The highest BCUT2D eigenvalue weighted by molar-refractivity contribution is 6.08. The Hall–Kier alpha value is -2.17. The monoisotopic (exact) mass is 265 g/mol. The first-order valence-corrected chi connectivity index (χ1v) is 5.94. The maximum Gasteiger partial charge on any atom is 0.337 e. The van der Waals surface area contributed by atoms with Gasteiger partial charge in [0.05, 0.1) is 12.2 Å². The number of hydrogen-bond donors (Lipinski definition) is 1. The summed E-state index contributed by atoms with van der Waals surface area (Å²) in [5.41, 5.74) is 0.252. The first-order chi connectivity index (χ1) is 8.92. The molecule has 0 aliphatic heterocycles. The Labute approximate surface area is 113 Å². The van der Waals surface area contributed by atoms with Crippen LogP contribution in [-0.2, 0) is 19.1 Å². The van der Waals surface area contributed by atoms with Crippen LogP contribution in [0.25, 0.3) is 0 Å². The summed E-state index contributed by atoms with van der Waals surface area (Å²) in [5.74, 6) is -1.78. The van der Waals surface area contributed by atoms with Crippen molar-refractivity contribution in [3.8, 4) is 0 Å². The van der Waals surface area contributed by atoms with Crippen molar-refractivity contribution in [2.45, 2.75) is 26.7 Å². The van der Waals surface area contributed by atoms with Gasteiger partial charge in [0, 0.05) is 5.57 Å². The molecule has 0 unspecified atom stereocenters. The molecule has 1 N–H and O–H groups in total. The van der Waals surface area contributed by atoms with E-state index in [-0.39, 0.29) is 11.1 Å². The van der Waals surface area contributed by atoms with E-state index in [2.05, 4.69) is 18.5 Å². The minimum atomic E-state index is -0.604. The minimum Gasteiger partial charge on any atom is -0.462 e. The molecule has 0 aromatic heterocycles. The van der Waals surface area contributed by atoms with Gasteiger partial charge in [-0.15, -0.1) is 0 Å². The zero-order chi connectivity index (χ0) is 14.8. The maximum atomic E-state index is 11.5. The molecule has 0 aromatic rings. The second kappa shape index (κ2) is 8.85. The number of carbonyl (C=O) groups excluding carboxylic acids is 3.